The van der Waals surface area contributed by atoms with Crippen molar-refractivity contribution in [3.8, 4) is 0 Å². The number of aldehydes is 1. The molecule has 3 rings (SSSR count). The number of hydrogen-bond acceptors (Lipinski definition) is 1. The van der Waals surface area contributed by atoms with Gasteiger partial charge in [-0.25, -0.2) is 0 Å². The van der Waals surface area contributed by atoms with Crippen LogP contribution in [0, 0.1) is 0 Å². The lowest BCUT2D eigenvalue weighted by Gasteiger charge is -2.06. The van der Waals surface area contributed by atoms with Crippen molar-refractivity contribution < 1.29 is 4.79 Å². The fourth-order valence-corrected chi connectivity index (χ4v) is 2.44. The van der Waals surface area contributed by atoms with Gasteiger partial charge < -0.3 is 0 Å². The van der Waals surface area contributed by atoms with Gasteiger partial charge in [0.1, 0.15) is 0 Å². The predicted molar refractivity (Wildman–Crippen MR) is 94.8 cm³/mol. The first kappa shape index (κ1) is 14.8. The van der Waals surface area contributed by atoms with E-state index in [1.54, 1.807) is 0 Å². The molecule has 0 unspecified atom stereocenters. The summed E-state index contributed by atoms with van der Waals surface area (Å²) < 4.78 is 0. The Morgan fingerprint density at radius 2 is 1.00 bits per heavy atom. The summed E-state index contributed by atoms with van der Waals surface area (Å²) in [4.78, 5) is 11.6. The highest BCUT2D eigenvalue weighted by Gasteiger charge is 2.05. The third-order valence-corrected chi connectivity index (χ3v) is 3.59. The van der Waals surface area contributed by atoms with Crippen molar-refractivity contribution in [3.05, 3.63) is 113 Å². The summed E-state index contributed by atoms with van der Waals surface area (Å²) in [5.74, 6) is 0. The normalized spacial score (nSPS) is 9.74. The van der Waals surface area contributed by atoms with Gasteiger partial charge in [-0.15, -0.1) is 0 Å². The average molecular weight is 296 g/mol. The summed E-state index contributed by atoms with van der Waals surface area (Å²) in [6.45, 7) is 0. The maximum absolute atomic E-state index is 11.6. The Hall–Kier alpha value is -3.15. The number of carbonyl (C=O) groups excluding carboxylic acids is 1. The zero-order chi connectivity index (χ0) is 15.9. The monoisotopic (exact) mass is 296 g/mol. The molecule has 0 bridgehead atoms. The molecule has 3 aromatic rings. The minimum atomic E-state index is 0.549. The summed E-state index contributed by atoms with van der Waals surface area (Å²) in [5.41, 5.74) is 7.72. The molecule has 0 saturated carbocycles. The van der Waals surface area contributed by atoms with Crippen molar-refractivity contribution in [2.75, 3.05) is 0 Å². The minimum Gasteiger partial charge on any atom is -0.297 e. The Balaban J connectivity index is 2.26. The van der Waals surface area contributed by atoms with E-state index < -0.39 is 0 Å². The van der Waals surface area contributed by atoms with Crippen molar-refractivity contribution in [1.29, 1.82) is 0 Å². The van der Waals surface area contributed by atoms with Gasteiger partial charge in [0, 0.05) is 5.57 Å². The topological polar surface area (TPSA) is 17.1 Å². The third kappa shape index (κ3) is 3.55. The van der Waals surface area contributed by atoms with Crippen LogP contribution in [0.25, 0.3) is 11.1 Å². The van der Waals surface area contributed by atoms with Crippen molar-refractivity contribution in [1.82, 2.24) is 0 Å². The molecule has 0 aliphatic rings. The molecule has 0 fully saturated rings. The maximum Gasteiger partial charge on any atom is 0.158 e. The minimum absolute atomic E-state index is 0.549. The first-order chi connectivity index (χ1) is 11.4. The second-order valence-corrected chi connectivity index (χ2v) is 5.13. The Bertz CT molecular complexity index is 799. The largest absolute Gasteiger partial charge is 0.297 e. The van der Waals surface area contributed by atoms with Crippen molar-refractivity contribution in [2.24, 2.45) is 0 Å². The van der Waals surface area contributed by atoms with E-state index in [4.69, 9.17) is 0 Å². The summed E-state index contributed by atoms with van der Waals surface area (Å²) in [7, 11) is 0. The summed E-state index contributed by atoms with van der Waals surface area (Å²) in [6, 6.07) is 29.7. The molecule has 0 aliphatic carbocycles. The van der Waals surface area contributed by atoms with Crippen molar-refractivity contribution >= 4 is 17.4 Å². The van der Waals surface area contributed by atoms with E-state index in [2.05, 4.69) is 5.73 Å². The van der Waals surface area contributed by atoms with Crippen LogP contribution >= 0.6 is 0 Å². The van der Waals surface area contributed by atoms with Gasteiger partial charge in [0.05, 0.1) is 5.57 Å². The molecule has 1 heteroatoms. The number of carbonyl (C=O) groups is 1. The van der Waals surface area contributed by atoms with Gasteiger partial charge in [-0.2, -0.15) is 0 Å². The molecule has 23 heavy (non-hydrogen) atoms. The van der Waals surface area contributed by atoms with Crippen LogP contribution in [0.4, 0.5) is 0 Å². The molecular formula is C22H16O. The van der Waals surface area contributed by atoms with Crippen LogP contribution in [-0.2, 0) is 4.79 Å². The van der Waals surface area contributed by atoms with E-state index in [-0.39, 0.29) is 0 Å². The van der Waals surface area contributed by atoms with Gasteiger partial charge in [0.2, 0.25) is 0 Å². The van der Waals surface area contributed by atoms with Gasteiger partial charge in [-0.1, -0.05) is 96.7 Å². The predicted octanol–water partition coefficient (Wildman–Crippen LogP) is 5.00. The van der Waals surface area contributed by atoms with Crippen LogP contribution in [0.3, 0.4) is 0 Å². The molecule has 0 atom stereocenters. The Labute approximate surface area is 136 Å². The molecule has 0 aromatic heterocycles. The molecule has 110 valence electrons. The smallest absolute Gasteiger partial charge is 0.158 e. The first-order valence-corrected chi connectivity index (χ1v) is 7.51. The lowest BCUT2D eigenvalue weighted by molar-refractivity contribution is -0.103. The second-order valence-electron chi connectivity index (χ2n) is 5.13. The summed E-state index contributed by atoms with van der Waals surface area (Å²) >= 11 is 0. The zero-order valence-electron chi connectivity index (χ0n) is 12.6. The molecule has 0 radical (unpaired) electrons. The third-order valence-electron chi connectivity index (χ3n) is 3.59. The highest BCUT2D eigenvalue weighted by atomic mass is 16.1. The zero-order valence-corrected chi connectivity index (χ0v) is 12.6. The molecule has 0 saturated heterocycles. The van der Waals surface area contributed by atoms with Crippen LogP contribution in [0.15, 0.2) is 96.7 Å². The lowest BCUT2D eigenvalue weighted by atomic mass is 9.97. The van der Waals surface area contributed by atoms with Crippen LogP contribution < -0.4 is 0 Å². The van der Waals surface area contributed by atoms with Crippen molar-refractivity contribution in [3.63, 3.8) is 0 Å². The highest BCUT2D eigenvalue weighted by Crippen LogP contribution is 2.24. The number of rotatable bonds is 4. The van der Waals surface area contributed by atoms with E-state index in [1.807, 2.05) is 91.0 Å². The first-order valence-electron chi connectivity index (χ1n) is 7.51. The summed E-state index contributed by atoms with van der Waals surface area (Å²) in [6.07, 6.45) is 0.862. The van der Waals surface area contributed by atoms with Crippen LogP contribution in [0.2, 0.25) is 0 Å². The molecule has 0 N–H and O–H groups in total. The number of allylic oxidation sites excluding steroid dienone is 1. The van der Waals surface area contributed by atoms with Gasteiger partial charge >= 0.3 is 0 Å². The molecule has 0 aliphatic heterocycles. The van der Waals surface area contributed by atoms with Crippen LogP contribution in [-0.4, -0.2) is 6.29 Å². The molecule has 0 heterocycles. The number of benzene rings is 3. The van der Waals surface area contributed by atoms with Crippen LogP contribution in [0.1, 0.15) is 16.7 Å². The lowest BCUT2D eigenvalue weighted by Crippen LogP contribution is -1.89. The number of hydrogen-bond donors (Lipinski definition) is 0. The van der Waals surface area contributed by atoms with Gasteiger partial charge in [0.25, 0.3) is 0 Å². The fourth-order valence-electron chi connectivity index (χ4n) is 2.44. The van der Waals surface area contributed by atoms with Crippen LogP contribution in [0.5, 0.6) is 0 Å². The molecule has 0 amide bonds. The maximum atomic E-state index is 11.6. The molecule has 3 aromatic carbocycles. The highest BCUT2D eigenvalue weighted by molar-refractivity contribution is 6.08. The standard InChI is InChI=1S/C22H16O/c23-17-21(18-10-4-1-5-11-18)16-22(19-12-6-2-7-13-19)20-14-8-3-9-15-20/h1-15,17H. The second kappa shape index (κ2) is 7.22. The van der Waals surface area contributed by atoms with E-state index >= 15 is 0 Å². The quantitative estimate of drug-likeness (QED) is 0.376. The average Bonchev–Trinajstić information content (AvgIpc) is 2.65. The Morgan fingerprint density at radius 1 is 0.609 bits per heavy atom. The van der Waals surface area contributed by atoms with E-state index in [0.29, 0.717) is 5.57 Å². The molecule has 0 spiro atoms. The van der Waals surface area contributed by atoms with Gasteiger partial charge in [0.15, 0.2) is 6.29 Å². The Kier molecular flexibility index (Phi) is 4.63. The summed E-state index contributed by atoms with van der Waals surface area (Å²) in [5, 5.41) is 0. The van der Waals surface area contributed by atoms with E-state index in [1.165, 1.54) is 0 Å². The van der Waals surface area contributed by atoms with E-state index in [0.717, 1.165) is 28.5 Å². The SMILES string of the molecule is O=CC(=C=C(c1ccccc1)c1ccccc1)c1ccccc1. The van der Waals surface area contributed by atoms with Gasteiger partial charge in [-0.05, 0) is 16.7 Å². The Morgan fingerprint density at radius 3 is 1.39 bits per heavy atom. The fraction of sp³-hybridized carbons (Fsp3) is 0. The van der Waals surface area contributed by atoms with E-state index in [9.17, 15) is 4.79 Å². The van der Waals surface area contributed by atoms with Gasteiger partial charge in [-0.3, -0.25) is 4.79 Å². The molecular weight excluding hydrogens is 280 g/mol. The van der Waals surface area contributed by atoms with Crippen molar-refractivity contribution in [2.45, 2.75) is 0 Å². The molecule has 1 nitrogen and oxygen atoms in total.